The number of ether oxygens (including phenoxy) is 2. The first kappa shape index (κ1) is 25.1. The molecule has 8 heteroatoms. The van der Waals surface area contributed by atoms with Crippen LogP contribution in [0.2, 0.25) is 0 Å². The molecule has 1 aliphatic carbocycles. The van der Waals surface area contributed by atoms with Crippen molar-refractivity contribution in [1.29, 1.82) is 0 Å². The van der Waals surface area contributed by atoms with Crippen molar-refractivity contribution in [3.63, 3.8) is 0 Å². The van der Waals surface area contributed by atoms with Gasteiger partial charge in [-0.25, -0.2) is 0 Å². The van der Waals surface area contributed by atoms with E-state index in [-0.39, 0.29) is 35.8 Å². The molecule has 2 amide bonds. The largest absolute Gasteiger partial charge is 0.491 e. The Bertz CT molecular complexity index is 1030. The molecule has 0 saturated heterocycles. The van der Waals surface area contributed by atoms with E-state index < -0.39 is 0 Å². The van der Waals surface area contributed by atoms with Crippen LogP contribution in [0.4, 0.5) is 5.69 Å². The summed E-state index contributed by atoms with van der Waals surface area (Å²) in [7, 11) is 3.48. The molecule has 0 bridgehead atoms. The molecular formula is C27H36N4O4. The van der Waals surface area contributed by atoms with Gasteiger partial charge in [-0.2, -0.15) is 0 Å². The summed E-state index contributed by atoms with van der Waals surface area (Å²) in [6.07, 6.45) is 5.38. The molecular weight excluding hydrogens is 444 g/mol. The van der Waals surface area contributed by atoms with Gasteiger partial charge in [0.25, 0.3) is 5.91 Å². The van der Waals surface area contributed by atoms with Gasteiger partial charge in [0.05, 0.1) is 11.7 Å². The summed E-state index contributed by atoms with van der Waals surface area (Å²) in [5.74, 6) is 0.630. The molecule has 4 rings (SSSR count). The maximum atomic E-state index is 13.5. The quantitative estimate of drug-likeness (QED) is 0.706. The van der Waals surface area contributed by atoms with E-state index in [0.29, 0.717) is 30.2 Å². The Hall–Kier alpha value is -2.97. The van der Waals surface area contributed by atoms with Crippen molar-refractivity contribution >= 4 is 17.5 Å². The van der Waals surface area contributed by atoms with E-state index in [1.807, 2.05) is 12.3 Å². The van der Waals surface area contributed by atoms with Crippen LogP contribution in [0.15, 0.2) is 42.7 Å². The number of methoxy groups -OCH3 is 1. The number of hydrogen-bond acceptors (Lipinski definition) is 6. The minimum Gasteiger partial charge on any atom is -0.491 e. The number of anilines is 1. The smallest absolute Gasteiger partial charge is 0.257 e. The number of rotatable bonds is 5. The van der Waals surface area contributed by atoms with Gasteiger partial charge in [-0.3, -0.25) is 19.5 Å². The van der Waals surface area contributed by atoms with Crippen LogP contribution in [0.25, 0.3) is 0 Å². The molecule has 2 aliphatic rings. The third-order valence-corrected chi connectivity index (χ3v) is 6.90. The summed E-state index contributed by atoms with van der Waals surface area (Å²) in [6.45, 7) is 6.69. The van der Waals surface area contributed by atoms with Crippen molar-refractivity contribution in [3.05, 3.63) is 53.9 Å². The predicted molar refractivity (Wildman–Crippen MR) is 134 cm³/mol. The minimum absolute atomic E-state index is 0.00719. The van der Waals surface area contributed by atoms with Gasteiger partial charge in [0.2, 0.25) is 5.91 Å². The molecule has 1 aromatic carbocycles. The van der Waals surface area contributed by atoms with Gasteiger partial charge in [-0.05, 0) is 55.5 Å². The van der Waals surface area contributed by atoms with E-state index >= 15 is 0 Å². The molecule has 0 spiro atoms. The van der Waals surface area contributed by atoms with Crippen molar-refractivity contribution in [3.8, 4) is 5.75 Å². The number of likely N-dealkylation sites (N-methyl/N-ethyl adjacent to an activating group) is 1. The molecule has 0 unspecified atom stereocenters. The number of benzene rings is 1. The molecule has 8 nitrogen and oxygen atoms in total. The van der Waals surface area contributed by atoms with Crippen LogP contribution in [0.5, 0.6) is 5.75 Å². The number of nitrogens with one attached hydrogen (secondary N) is 1. The summed E-state index contributed by atoms with van der Waals surface area (Å²) in [6, 6.07) is 9.42. The van der Waals surface area contributed by atoms with Gasteiger partial charge < -0.3 is 19.7 Å². The molecule has 2 heterocycles. The van der Waals surface area contributed by atoms with Crippen LogP contribution in [0.1, 0.15) is 42.6 Å². The second-order valence-electron chi connectivity index (χ2n) is 9.86. The van der Waals surface area contributed by atoms with Crippen LogP contribution < -0.4 is 10.1 Å². The SMILES string of the molecule is CO[C@H]1CN(C)C(=O)c2cc(NC(=O)C3CC3)ccc2OC[C@@H](C)N(Cc2cccnc2)C[C@H]1C. The lowest BCUT2D eigenvalue weighted by Gasteiger charge is -2.36. The van der Waals surface area contributed by atoms with E-state index in [9.17, 15) is 9.59 Å². The number of pyridine rings is 1. The molecule has 3 atom stereocenters. The Labute approximate surface area is 207 Å². The number of carbonyl (C=O) groups excluding carboxylic acids is 2. The Morgan fingerprint density at radius 3 is 2.71 bits per heavy atom. The molecule has 35 heavy (non-hydrogen) atoms. The van der Waals surface area contributed by atoms with Crippen molar-refractivity contribution < 1.29 is 19.1 Å². The van der Waals surface area contributed by atoms with Crippen LogP contribution >= 0.6 is 0 Å². The Morgan fingerprint density at radius 1 is 1.23 bits per heavy atom. The fourth-order valence-corrected chi connectivity index (χ4v) is 4.47. The zero-order valence-electron chi connectivity index (χ0n) is 21.1. The lowest BCUT2D eigenvalue weighted by Crippen LogP contribution is -2.46. The molecule has 1 fully saturated rings. The average molecular weight is 481 g/mol. The maximum Gasteiger partial charge on any atom is 0.257 e. The monoisotopic (exact) mass is 480 g/mol. The van der Waals surface area contributed by atoms with Crippen molar-refractivity contribution in [2.24, 2.45) is 11.8 Å². The van der Waals surface area contributed by atoms with Crippen LogP contribution in [-0.2, 0) is 16.1 Å². The molecule has 0 radical (unpaired) electrons. The third kappa shape index (κ3) is 6.38. The van der Waals surface area contributed by atoms with Gasteiger partial charge in [-0.15, -0.1) is 0 Å². The second kappa shape index (κ2) is 11.2. The van der Waals surface area contributed by atoms with Gasteiger partial charge in [0, 0.05) is 63.8 Å². The van der Waals surface area contributed by atoms with Gasteiger partial charge in [0.15, 0.2) is 0 Å². The minimum atomic E-state index is -0.155. The van der Waals surface area contributed by atoms with Crippen molar-refractivity contribution in [2.75, 3.05) is 39.2 Å². The number of amides is 2. The van der Waals surface area contributed by atoms with Gasteiger partial charge in [-0.1, -0.05) is 13.0 Å². The number of carbonyl (C=O) groups is 2. The normalized spacial score (nSPS) is 24.1. The Kier molecular flexibility index (Phi) is 8.03. The second-order valence-corrected chi connectivity index (χ2v) is 9.86. The third-order valence-electron chi connectivity index (χ3n) is 6.90. The van der Waals surface area contributed by atoms with Crippen molar-refractivity contribution in [2.45, 2.75) is 45.4 Å². The van der Waals surface area contributed by atoms with Crippen LogP contribution in [0, 0.1) is 11.8 Å². The number of fused-ring (bicyclic) bond motifs is 1. The molecule has 1 N–H and O–H groups in total. The summed E-state index contributed by atoms with van der Waals surface area (Å²) in [5, 5.41) is 2.94. The Morgan fingerprint density at radius 2 is 2.03 bits per heavy atom. The molecule has 2 aromatic rings. The van der Waals surface area contributed by atoms with E-state index in [2.05, 4.69) is 35.1 Å². The lowest BCUT2D eigenvalue weighted by molar-refractivity contribution is -0.117. The highest BCUT2D eigenvalue weighted by molar-refractivity contribution is 6.00. The first-order valence-corrected chi connectivity index (χ1v) is 12.3. The highest BCUT2D eigenvalue weighted by Crippen LogP contribution is 2.31. The topological polar surface area (TPSA) is 84.0 Å². The fourth-order valence-electron chi connectivity index (χ4n) is 4.47. The molecule has 188 valence electrons. The zero-order chi connectivity index (χ0) is 24.9. The van der Waals surface area contributed by atoms with Gasteiger partial charge >= 0.3 is 0 Å². The first-order chi connectivity index (χ1) is 16.9. The number of nitrogens with zero attached hydrogens (tertiary/aromatic N) is 3. The highest BCUT2D eigenvalue weighted by Gasteiger charge is 2.31. The average Bonchev–Trinajstić information content (AvgIpc) is 3.71. The molecule has 1 aromatic heterocycles. The molecule has 1 saturated carbocycles. The summed E-state index contributed by atoms with van der Waals surface area (Å²) in [5.41, 5.74) is 2.19. The predicted octanol–water partition coefficient (Wildman–Crippen LogP) is 3.44. The van der Waals surface area contributed by atoms with E-state index in [1.54, 1.807) is 43.5 Å². The zero-order valence-corrected chi connectivity index (χ0v) is 21.1. The number of hydrogen-bond donors (Lipinski definition) is 1. The molecule has 1 aliphatic heterocycles. The Balaban J connectivity index is 1.61. The summed E-state index contributed by atoms with van der Waals surface area (Å²) in [4.78, 5) is 34.0. The van der Waals surface area contributed by atoms with Crippen molar-refractivity contribution in [1.82, 2.24) is 14.8 Å². The fraction of sp³-hybridized carbons (Fsp3) is 0.519. The number of aromatic nitrogens is 1. The lowest BCUT2D eigenvalue weighted by atomic mass is 10.0. The summed E-state index contributed by atoms with van der Waals surface area (Å²) < 4.78 is 12.1. The van der Waals surface area contributed by atoms with Crippen LogP contribution in [0.3, 0.4) is 0 Å². The highest BCUT2D eigenvalue weighted by atomic mass is 16.5. The maximum absolute atomic E-state index is 13.5. The van der Waals surface area contributed by atoms with E-state index in [1.165, 1.54) is 0 Å². The van der Waals surface area contributed by atoms with Crippen LogP contribution in [-0.4, -0.2) is 72.6 Å². The summed E-state index contributed by atoms with van der Waals surface area (Å²) >= 11 is 0. The van der Waals surface area contributed by atoms with Gasteiger partial charge in [0.1, 0.15) is 12.4 Å². The standard InChI is InChI=1S/C27H36N4O4/c1-18-14-31(15-20-6-5-11-28-13-20)19(2)17-35-24-10-9-22(29-26(32)21-7-8-21)12-23(24)27(33)30(3)16-25(18)34-4/h5-6,9-13,18-19,21,25H,7-8,14-17H2,1-4H3,(H,29,32)/t18-,19-,25+/m1/s1. The van der Waals surface area contributed by atoms with E-state index in [4.69, 9.17) is 9.47 Å². The van der Waals surface area contributed by atoms with E-state index in [0.717, 1.165) is 31.5 Å². The first-order valence-electron chi connectivity index (χ1n) is 12.3.